The smallest absolute Gasteiger partial charge is 0.224 e. The van der Waals surface area contributed by atoms with Crippen LogP contribution in [0.4, 0.5) is 10.1 Å². The maximum Gasteiger partial charge on any atom is 0.224 e. The van der Waals surface area contributed by atoms with Crippen molar-refractivity contribution in [3.63, 3.8) is 0 Å². The Morgan fingerprint density at radius 1 is 1.00 bits per heavy atom. The first kappa shape index (κ1) is 15.9. The van der Waals surface area contributed by atoms with Crippen molar-refractivity contribution in [1.82, 2.24) is 0 Å². The van der Waals surface area contributed by atoms with Gasteiger partial charge in [0.1, 0.15) is 5.82 Å². The molecule has 0 bridgehead atoms. The van der Waals surface area contributed by atoms with Crippen molar-refractivity contribution in [2.75, 3.05) is 5.32 Å². The van der Waals surface area contributed by atoms with Crippen molar-refractivity contribution in [3.05, 3.63) is 65.5 Å². The highest BCUT2D eigenvalue weighted by atomic mass is 19.1. The van der Waals surface area contributed by atoms with E-state index in [-0.39, 0.29) is 30.2 Å². The van der Waals surface area contributed by atoms with Crippen molar-refractivity contribution < 1.29 is 14.0 Å². The molecule has 2 aromatic carbocycles. The number of amides is 1. The van der Waals surface area contributed by atoms with Crippen LogP contribution in [0.3, 0.4) is 0 Å². The van der Waals surface area contributed by atoms with E-state index < -0.39 is 5.82 Å². The fourth-order valence-electron chi connectivity index (χ4n) is 2.07. The molecule has 0 unspecified atom stereocenters. The normalized spacial score (nSPS) is 10.3. The number of para-hydroxylation sites is 1. The van der Waals surface area contributed by atoms with Crippen LogP contribution in [0, 0.1) is 5.82 Å². The first-order valence-corrected chi connectivity index (χ1v) is 7.26. The Kier molecular flexibility index (Phi) is 5.42. The third-order valence-electron chi connectivity index (χ3n) is 3.41. The van der Waals surface area contributed by atoms with E-state index in [1.165, 1.54) is 12.1 Å². The van der Waals surface area contributed by atoms with Crippen LogP contribution < -0.4 is 5.32 Å². The quantitative estimate of drug-likeness (QED) is 0.820. The fraction of sp³-hybridized carbons (Fsp3) is 0.222. The third-order valence-corrected chi connectivity index (χ3v) is 3.41. The average molecular weight is 299 g/mol. The topological polar surface area (TPSA) is 46.2 Å². The van der Waals surface area contributed by atoms with Gasteiger partial charge in [-0.15, -0.1) is 0 Å². The second-order valence-corrected chi connectivity index (χ2v) is 5.00. The van der Waals surface area contributed by atoms with Crippen LogP contribution in [-0.2, 0) is 11.2 Å². The summed E-state index contributed by atoms with van der Waals surface area (Å²) in [6, 6.07) is 13.3. The summed E-state index contributed by atoms with van der Waals surface area (Å²) in [6.45, 7) is 2.05. The molecule has 1 amide bonds. The molecule has 2 rings (SSSR count). The molecule has 0 aliphatic carbocycles. The maximum absolute atomic E-state index is 13.4. The van der Waals surface area contributed by atoms with Crippen molar-refractivity contribution in [2.45, 2.75) is 26.2 Å². The number of rotatable bonds is 6. The molecular weight excluding hydrogens is 281 g/mol. The van der Waals surface area contributed by atoms with E-state index in [0.717, 1.165) is 12.0 Å². The molecule has 22 heavy (non-hydrogen) atoms. The lowest BCUT2D eigenvalue weighted by molar-refractivity contribution is -0.116. The zero-order valence-corrected chi connectivity index (χ0v) is 12.4. The molecule has 0 radical (unpaired) electrons. The molecule has 0 saturated carbocycles. The van der Waals surface area contributed by atoms with Gasteiger partial charge in [0.25, 0.3) is 0 Å². The van der Waals surface area contributed by atoms with Crippen LogP contribution in [0.25, 0.3) is 0 Å². The van der Waals surface area contributed by atoms with Crippen molar-refractivity contribution in [1.29, 1.82) is 0 Å². The number of hydrogen-bond donors (Lipinski definition) is 1. The molecule has 114 valence electrons. The molecular formula is C18H18FNO2. The van der Waals surface area contributed by atoms with Crippen LogP contribution in [-0.4, -0.2) is 11.7 Å². The number of nitrogens with one attached hydrogen (secondary N) is 1. The number of benzene rings is 2. The molecule has 0 aliphatic rings. The Bertz CT molecular complexity index is 665. The van der Waals surface area contributed by atoms with Crippen LogP contribution >= 0.6 is 0 Å². The molecule has 0 spiro atoms. The molecule has 0 aliphatic heterocycles. The van der Waals surface area contributed by atoms with E-state index in [9.17, 15) is 14.0 Å². The van der Waals surface area contributed by atoms with E-state index in [1.54, 1.807) is 24.3 Å². The van der Waals surface area contributed by atoms with Crippen LogP contribution in [0.15, 0.2) is 48.5 Å². The van der Waals surface area contributed by atoms with Crippen molar-refractivity contribution in [3.8, 4) is 0 Å². The lowest BCUT2D eigenvalue weighted by Crippen LogP contribution is -2.14. The molecule has 4 heteroatoms. The highest BCUT2D eigenvalue weighted by Crippen LogP contribution is 2.14. The fourth-order valence-corrected chi connectivity index (χ4v) is 2.07. The number of anilines is 1. The lowest BCUT2D eigenvalue weighted by atomic mass is 10.0. The second-order valence-electron chi connectivity index (χ2n) is 5.00. The molecule has 1 N–H and O–H groups in total. The molecule has 0 fully saturated rings. The predicted molar refractivity (Wildman–Crippen MR) is 84.4 cm³/mol. The maximum atomic E-state index is 13.4. The van der Waals surface area contributed by atoms with Gasteiger partial charge in [0, 0.05) is 18.4 Å². The lowest BCUT2D eigenvalue weighted by Gasteiger charge is -2.06. The van der Waals surface area contributed by atoms with Crippen LogP contribution in [0.1, 0.15) is 35.7 Å². The zero-order valence-electron chi connectivity index (χ0n) is 12.4. The molecule has 3 nitrogen and oxygen atoms in total. The van der Waals surface area contributed by atoms with Crippen molar-refractivity contribution >= 4 is 17.4 Å². The first-order valence-electron chi connectivity index (χ1n) is 7.26. The SMILES string of the molecule is CCc1ccc(C(=O)CCC(=O)Nc2ccccc2F)cc1. The number of halogens is 1. The minimum absolute atomic E-state index is 0.0305. The third kappa shape index (κ3) is 4.25. The van der Waals surface area contributed by atoms with E-state index in [0.29, 0.717) is 5.56 Å². The largest absolute Gasteiger partial charge is 0.324 e. The predicted octanol–water partition coefficient (Wildman–Crippen LogP) is 3.99. The van der Waals surface area contributed by atoms with Gasteiger partial charge in [-0.3, -0.25) is 9.59 Å². The molecule has 0 atom stereocenters. The Morgan fingerprint density at radius 2 is 1.68 bits per heavy atom. The number of ketones is 1. The van der Waals surface area contributed by atoms with E-state index in [4.69, 9.17) is 0 Å². The van der Waals surface area contributed by atoms with Gasteiger partial charge in [-0.25, -0.2) is 4.39 Å². The second kappa shape index (κ2) is 7.50. The Morgan fingerprint density at radius 3 is 2.32 bits per heavy atom. The molecule has 0 aromatic heterocycles. The standard InChI is InChI=1S/C18H18FNO2/c1-2-13-7-9-14(10-8-13)17(21)11-12-18(22)20-16-6-4-3-5-15(16)19/h3-10H,2,11-12H2,1H3,(H,20,22). The van der Waals surface area contributed by atoms with Gasteiger partial charge >= 0.3 is 0 Å². The van der Waals surface area contributed by atoms with Crippen LogP contribution in [0.5, 0.6) is 0 Å². The van der Waals surface area contributed by atoms with Gasteiger partial charge in [-0.05, 0) is 24.1 Å². The van der Waals surface area contributed by atoms with E-state index in [1.807, 2.05) is 19.1 Å². The Hall–Kier alpha value is -2.49. The van der Waals surface area contributed by atoms with E-state index >= 15 is 0 Å². The summed E-state index contributed by atoms with van der Waals surface area (Å²) >= 11 is 0. The summed E-state index contributed by atoms with van der Waals surface area (Å²) in [5, 5.41) is 2.47. The summed E-state index contributed by atoms with van der Waals surface area (Å²) in [7, 11) is 0. The molecule has 0 heterocycles. The van der Waals surface area contributed by atoms with Gasteiger partial charge in [0.05, 0.1) is 5.69 Å². The Balaban J connectivity index is 1.87. The number of Topliss-reactive ketones (excluding diaryl/α,β-unsaturated/α-hetero) is 1. The number of hydrogen-bond acceptors (Lipinski definition) is 2. The summed E-state index contributed by atoms with van der Waals surface area (Å²) in [5.74, 6) is -0.952. The summed E-state index contributed by atoms with van der Waals surface area (Å²) in [4.78, 5) is 23.8. The number of carbonyl (C=O) groups is 2. The minimum Gasteiger partial charge on any atom is -0.324 e. The van der Waals surface area contributed by atoms with Crippen LogP contribution in [0.2, 0.25) is 0 Å². The van der Waals surface area contributed by atoms with Gasteiger partial charge in [-0.2, -0.15) is 0 Å². The number of carbonyl (C=O) groups excluding carboxylic acids is 2. The highest BCUT2D eigenvalue weighted by Gasteiger charge is 2.11. The highest BCUT2D eigenvalue weighted by molar-refractivity contribution is 6.00. The van der Waals surface area contributed by atoms with Gasteiger partial charge in [0.2, 0.25) is 5.91 Å². The number of aryl methyl sites for hydroxylation is 1. The molecule has 0 saturated heterocycles. The Labute approximate surface area is 129 Å². The van der Waals surface area contributed by atoms with Gasteiger partial charge < -0.3 is 5.32 Å². The minimum atomic E-state index is -0.489. The summed E-state index contributed by atoms with van der Waals surface area (Å²) < 4.78 is 13.4. The van der Waals surface area contributed by atoms with Crippen molar-refractivity contribution in [2.24, 2.45) is 0 Å². The van der Waals surface area contributed by atoms with Gasteiger partial charge in [0.15, 0.2) is 5.78 Å². The summed E-state index contributed by atoms with van der Waals surface area (Å²) in [5.41, 5.74) is 1.89. The first-order chi connectivity index (χ1) is 10.6. The molecule has 2 aromatic rings. The van der Waals surface area contributed by atoms with E-state index in [2.05, 4.69) is 5.32 Å². The monoisotopic (exact) mass is 299 g/mol. The zero-order chi connectivity index (χ0) is 15.9. The average Bonchev–Trinajstić information content (AvgIpc) is 2.55. The summed E-state index contributed by atoms with van der Waals surface area (Å²) in [6.07, 6.45) is 1.05. The van der Waals surface area contributed by atoms with Gasteiger partial charge in [-0.1, -0.05) is 43.3 Å².